The Kier molecular flexibility index (Phi) is 8.70. The molecule has 2 aromatic carbocycles. The third-order valence-corrected chi connectivity index (χ3v) is 7.93. The number of hydrogen-bond donors (Lipinski definition) is 5. The molecule has 0 aliphatic carbocycles. The summed E-state index contributed by atoms with van der Waals surface area (Å²) in [4.78, 5) is 51.3. The van der Waals surface area contributed by atoms with Gasteiger partial charge in [-0.05, 0) is 49.8 Å². The lowest BCUT2D eigenvalue weighted by atomic mass is 9.84. The Morgan fingerprint density at radius 3 is 2.36 bits per heavy atom. The summed E-state index contributed by atoms with van der Waals surface area (Å²) in [6.07, 6.45) is 2.38. The van der Waals surface area contributed by atoms with E-state index in [-0.39, 0.29) is 18.0 Å². The predicted octanol–water partition coefficient (Wildman–Crippen LogP) is 3.22. The lowest BCUT2D eigenvalue weighted by Crippen LogP contribution is -2.59. The van der Waals surface area contributed by atoms with Gasteiger partial charge in [-0.2, -0.15) is 5.10 Å². The van der Waals surface area contributed by atoms with Gasteiger partial charge in [-0.3, -0.25) is 19.2 Å². The molecule has 3 aromatic rings. The second-order valence-electron chi connectivity index (χ2n) is 11.2. The van der Waals surface area contributed by atoms with Gasteiger partial charge in [-0.15, -0.1) is 0 Å². The van der Waals surface area contributed by atoms with Crippen molar-refractivity contribution >= 4 is 29.5 Å². The number of carbonyl (C=O) groups excluding carboxylic acids is 3. The Morgan fingerprint density at radius 1 is 1.12 bits per heavy atom. The molecule has 11 heteroatoms. The highest BCUT2D eigenvalue weighted by atomic mass is 16.4. The lowest BCUT2D eigenvalue weighted by Gasteiger charge is -2.38. The summed E-state index contributed by atoms with van der Waals surface area (Å²) >= 11 is 0. The normalized spacial score (nSPS) is 17.6. The first-order chi connectivity index (χ1) is 19.9. The minimum atomic E-state index is -1.65. The zero-order valence-corrected chi connectivity index (χ0v) is 24.3. The Balaban J connectivity index is 1.74. The molecule has 0 saturated carbocycles. The number of carboxylic acid groups (broad SMARTS) is 1. The van der Waals surface area contributed by atoms with Gasteiger partial charge in [0.15, 0.2) is 0 Å². The van der Waals surface area contributed by atoms with Gasteiger partial charge < -0.3 is 26.8 Å². The van der Waals surface area contributed by atoms with Crippen LogP contribution >= 0.6 is 0 Å². The van der Waals surface area contributed by atoms with E-state index in [1.54, 1.807) is 23.7 Å². The molecule has 0 spiro atoms. The van der Waals surface area contributed by atoms with Gasteiger partial charge in [0, 0.05) is 0 Å². The Bertz CT molecular complexity index is 1470. The number of carbonyl (C=O) groups is 4. The highest BCUT2D eigenvalue weighted by Crippen LogP contribution is 2.40. The van der Waals surface area contributed by atoms with E-state index in [0.717, 1.165) is 24.0 Å². The van der Waals surface area contributed by atoms with Crippen LogP contribution in [0.4, 0.5) is 5.82 Å². The Labute approximate surface area is 244 Å². The van der Waals surface area contributed by atoms with E-state index >= 15 is 0 Å². The zero-order chi connectivity index (χ0) is 30.7. The first-order valence-electron chi connectivity index (χ1n) is 14.1. The Morgan fingerprint density at radius 2 is 1.79 bits per heavy atom. The molecule has 3 amide bonds. The number of rotatable bonds is 11. The summed E-state index contributed by atoms with van der Waals surface area (Å²) in [5, 5.41) is 22.7. The van der Waals surface area contributed by atoms with Crippen molar-refractivity contribution in [1.82, 2.24) is 20.4 Å². The molecule has 0 saturated heterocycles. The third kappa shape index (κ3) is 6.00. The largest absolute Gasteiger partial charge is 0.481 e. The van der Waals surface area contributed by atoms with E-state index in [0.29, 0.717) is 11.4 Å². The number of aryl methyl sites for hydroxylation is 1. The molecule has 42 heavy (non-hydrogen) atoms. The van der Waals surface area contributed by atoms with Crippen LogP contribution in [0.15, 0.2) is 60.8 Å². The van der Waals surface area contributed by atoms with Crippen molar-refractivity contribution < 1.29 is 24.3 Å². The van der Waals surface area contributed by atoms with Crippen molar-refractivity contribution in [3.63, 3.8) is 0 Å². The molecular weight excluding hydrogens is 536 g/mol. The predicted molar refractivity (Wildman–Crippen MR) is 158 cm³/mol. The van der Waals surface area contributed by atoms with Crippen LogP contribution in [0.5, 0.6) is 0 Å². The number of aliphatic carboxylic acids is 1. The van der Waals surface area contributed by atoms with Gasteiger partial charge in [0.1, 0.15) is 23.0 Å². The van der Waals surface area contributed by atoms with Crippen molar-refractivity contribution in [3.8, 4) is 0 Å². The first-order valence-corrected chi connectivity index (χ1v) is 14.1. The van der Waals surface area contributed by atoms with E-state index in [9.17, 15) is 24.3 Å². The van der Waals surface area contributed by atoms with Gasteiger partial charge in [-0.25, -0.2) is 4.68 Å². The summed E-state index contributed by atoms with van der Waals surface area (Å²) in [7, 11) is 0. The quantitative estimate of drug-likeness (QED) is 0.234. The second-order valence-corrected chi connectivity index (χ2v) is 11.2. The van der Waals surface area contributed by atoms with Crippen LogP contribution in [0.25, 0.3) is 0 Å². The molecule has 0 bridgehead atoms. The van der Waals surface area contributed by atoms with Crippen LogP contribution in [0.3, 0.4) is 0 Å². The van der Waals surface area contributed by atoms with Crippen molar-refractivity contribution in [2.24, 2.45) is 5.73 Å². The fourth-order valence-electron chi connectivity index (χ4n) is 5.48. The summed E-state index contributed by atoms with van der Waals surface area (Å²) in [5.41, 5.74) is 6.17. The molecule has 0 radical (unpaired) electrons. The van der Waals surface area contributed by atoms with Gasteiger partial charge in [0.25, 0.3) is 11.8 Å². The van der Waals surface area contributed by atoms with Gasteiger partial charge >= 0.3 is 5.97 Å². The minimum absolute atomic E-state index is 0.0786. The molecule has 11 nitrogen and oxygen atoms in total. The molecular formula is C31H38N6O5. The number of aromatic nitrogens is 2. The molecule has 1 unspecified atom stereocenters. The lowest BCUT2D eigenvalue weighted by molar-refractivity contribution is -0.140. The number of fused-ring (bicyclic) bond motifs is 1. The summed E-state index contributed by atoms with van der Waals surface area (Å²) in [6.45, 7) is 7.82. The maximum absolute atomic E-state index is 14.0. The topological polar surface area (TPSA) is 168 Å². The van der Waals surface area contributed by atoms with Crippen LogP contribution in [-0.4, -0.2) is 44.6 Å². The number of carboxylic acids is 1. The van der Waals surface area contributed by atoms with Crippen molar-refractivity contribution in [2.75, 3.05) is 5.32 Å². The third-order valence-electron chi connectivity index (χ3n) is 7.93. The Hall–Kier alpha value is -4.67. The van der Waals surface area contributed by atoms with Gasteiger partial charge in [0.2, 0.25) is 5.91 Å². The number of amides is 3. The molecule has 0 fully saturated rings. The molecule has 1 aliphatic rings. The van der Waals surface area contributed by atoms with Crippen LogP contribution in [-0.2, 0) is 31.9 Å². The van der Waals surface area contributed by atoms with Crippen LogP contribution in [0.2, 0.25) is 0 Å². The van der Waals surface area contributed by atoms with E-state index < -0.39 is 47.2 Å². The number of benzene rings is 2. The highest BCUT2D eigenvalue weighted by Gasteiger charge is 2.44. The number of hydrogen-bond acceptors (Lipinski definition) is 6. The molecule has 3 atom stereocenters. The summed E-state index contributed by atoms with van der Waals surface area (Å²) in [6, 6.07) is 15.6. The number of nitrogens with zero attached hydrogens (tertiary/aromatic N) is 2. The monoisotopic (exact) mass is 574 g/mol. The van der Waals surface area contributed by atoms with Crippen molar-refractivity contribution in [2.45, 2.75) is 76.5 Å². The molecule has 2 heterocycles. The number of primary amides is 1. The molecule has 222 valence electrons. The second kappa shape index (κ2) is 12.1. The van der Waals surface area contributed by atoms with Crippen molar-refractivity contribution in [3.05, 3.63) is 83.0 Å². The standard InChI is InChI=1S/C31H38N6O5/c1-5-19-12-14-21(15-13-19)31(6-2,29(42)35-23(26(32)40)16-25(38)39)36-28(41)22-18-33-37-27(22)34-24(17-30(37,3)4)20-10-8-7-9-11-20/h7-15,18,23-24,34H,5-6,16-17H2,1-4H3,(H2,32,40)(H,35,42)(H,36,41)(H,38,39)/t23-,24+,31?/m0/s1. The summed E-state index contributed by atoms with van der Waals surface area (Å²) in [5.74, 6) is -3.08. The SMILES string of the molecule is CCc1ccc(C(CC)(NC(=O)c2cnn3c2N[C@@H](c2ccccc2)CC3(C)C)C(=O)N[C@@H](CC(=O)O)C(N)=O)cc1. The van der Waals surface area contributed by atoms with E-state index in [2.05, 4.69) is 21.0 Å². The van der Waals surface area contributed by atoms with Crippen LogP contribution in [0.1, 0.15) is 80.0 Å². The molecule has 6 N–H and O–H groups in total. The van der Waals surface area contributed by atoms with Crippen molar-refractivity contribution in [1.29, 1.82) is 0 Å². The molecule has 1 aliphatic heterocycles. The fourth-order valence-corrected chi connectivity index (χ4v) is 5.48. The van der Waals surface area contributed by atoms with Crippen LogP contribution in [0, 0.1) is 0 Å². The molecule has 4 rings (SSSR count). The maximum Gasteiger partial charge on any atom is 0.305 e. The fraction of sp³-hybridized carbons (Fsp3) is 0.387. The first kappa shape index (κ1) is 30.3. The number of anilines is 1. The van der Waals surface area contributed by atoms with E-state index in [1.165, 1.54) is 6.20 Å². The van der Waals surface area contributed by atoms with Crippen LogP contribution < -0.4 is 21.7 Å². The summed E-state index contributed by atoms with van der Waals surface area (Å²) < 4.78 is 1.78. The number of nitrogens with two attached hydrogens (primary N) is 1. The number of nitrogens with one attached hydrogen (secondary N) is 3. The van der Waals surface area contributed by atoms with E-state index in [1.807, 2.05) is 63.2 Å². The highest BCUT2D eigenvalue weighted by molar-refractivity contribution is 6.03. The zero-order valence-electron chi connectivity index (χ0n) is 24.3. The molecule has 1 aromatic heterocycles. The average molecular weight is 575 g/mol. The maximum atomic E-state index is 14.0. The average Bonchev–Trinajstić information content (AvgIpc) is 3.41. The van der Waals surface area contributed by atoms with Gasteiger partial charge in [-0.1, -0.05) is 68.4 Å². The minimum Gasteiger partial charge on any atom is -0.481 e. The van der Waals surface area contributed by atoms with E-state index in [4.69, 9.17) is 5.73 Å². The van der Waals surface area contributed by atoms with Gasteiger partial charge in [0.05, 0.1) is 24.2 Å². The smallest absolute Gasteiger partial charge is 0.305 e.